The van der Waals surface area contributed by atoms with Gasteiger partial charge in [0.25, 0.3) is 5.91 Å². The van der Waals surface area contributed by atoms with E-state index < -0.39 is 24.0 Å². The monoisotopic (exact) mass is 408 g/mol. The van der Waals surface area contributed by atoms with Gasteiger partial charge in [0.05, 0.1) is 11.4 Å². The number of carbonyl (C=O) groups is 3. The van der Waals surface area contributed by atoms with Crippen LogP contribution in [-0.4, -0.2) is 40.8 Å². The Morgan fingerprint density at radius 3 is 2.54 bits per heavy atom. The molecule has 0 aliphatic heterocycles. The zero-order valence-electron chi connectivity index (χ0n) is 15.3. The fourth-order valence-corrected chi connectivity index (χ4v) is 2.48. The van der Waals surface area contributed by atoms with Crippen LogP contribution in [0.15, 0.2) is 30.3 Å². The summed E-state index contributed by atoms with van der Waals surface area (Å²) in [6.45, 7) is 3.02. The number of amides is 3. The smallest absolute Gasteiger partial charge is 0.331 e. The van der Waals surface area contributed by atoms with E-state index in [9.17, 15) is 18.8 Å². The third-order valence-electron chi connectivity index (χ3n) is 3.63. The van der Waals surface area contributed by atoms with Crippen LogP contribution >= 0.6 is 11.6 Å². The van der Waals surface area contributed by atoms with Crippen molar-refractivity contribution in [1.82, 2.24) is 20.4 Å². The van der Waals surface area contributed by atoms with Crippen LogP contribution in [0.1, 0.15) is 18.2 Å². The van der Waals surface area contributed by atoms with Gasteiger partial charge in [-0.15, -0.1) is 0 Å². The van der Waals surface area contributed by atoms with Crippen LogP contribution in [0.5, 0.6) is 0 Å². The molecule has 3 amide bonds. The summed E-state index contributed by atoms with van der Waals surface area (Å²) in [4.78, 5) is 34.7. The van der Waals surface area contributed by atoms with E-state index in [4.69, 9.17) is 16.3 Å². The third-order valence-corrected chi connectivity index (χ3v) is 3.99. The maximum Gasteiger partial charge on any atom is 0.331 e. The lowest BCUT2D eigenvalue weighted by Crippen LogP contribution is -2.43. The average molecular weight is 409 g/mol. The van der Waals surface area contributed by atoms with Gasteiger partial charge in [0.15, 0.2) is 6.10 Å². The molecule has 1 unspecified atom stereocenters. The molecule has 1 heterocycles. The van der Waals surface area contributed by atoms with E-state index in [-0.39, 0.29) is 11.0 Å². The second-order valence-electron chi connectivity index (χ2n) is 5.66. The number of imide groups is 1. The summed E-state index contributed by atoms with van der Waals surface area (Å²) < 4.78 is 19.4. The van der Waals surface area contributed by atoms with Crippen LogP contribution in [0.4, 0.5) is 9.18 Å². The van der Waals surface area contributed by atoms with Gasteiger partial charge in [-0.3, -0.25) is 10.1 Å². The summed E-state index contributed by atoms with van der Waals surface area (Å²) in [6, 6.07) is 4.88. The van der Waals surface area contributed by atoms with Crippen LogP contribution in [-0.2, 0) is 14.3 Å². The maximum absolute atomic E-state index is 13.1. The summed E-state index contributed by atoms with van der Waals surface area (Å²) in [6.07, 6.45) is 1.32. The van der Waals surface area contributed by atoms with E-state index >= 15 is 0 Å². The van der Waals surface area contributed by atoms with E-state index in [1.165, 1.54) is 49.0 Å². The first-order valence-electron chi connectivity index (χ1n) is 8.15. The van der Waals surface area contributed by atoms with Crippen molar-refractivity contribution >= 4 is 35.6 Å². The second-order valence-corrected chi connectivity index (χ2v) is 6.02. The quantitative estimate of drug-likeness (QED) is 0.584. The molecule has 1 aromatic heterocycles. The predicted octanol–water partition coefficient (Wildman–Crippen LogP) is 2.37. The largest absolute Gasteiger partial charge is 0.449 e. The standard InChI is InChI=1S/C18H18ClFN4O4/c1-10-14(16(19)24(23-10)13-6-4-12(20)5-7-13)8-9-15(25)28-11(2)17(26)22-18(27)21-3/h4-9,11H,1-3H3,(H2,21,22,26,27)/b9-8+. The van der Waals surface area contributed by atoms with E-state index in [1.807, 2.05) is 5.32 Å². The van der Waals surface area contributed by atoms with Crippen molar-refractivity contribution in [2.45, 2.75) is 20.0 Å². The first-order valence-corrected chi connectivity index (χ1v) is 8.53. The minimum absolute atomic E-state index is 0.221. The van der Waals surface area contributed by atoms with Crippen molar-refractivity contribution < 1.29 is 23.5 Å². The number of aryl methyl sites for hydroxylation is 1. The molecule has 8 nitrogen and oxygen atoms in total. The van der Waals surface area contributed by atoms with Crippen LogP contribution in [0.3, 0.4) is 0 Å². The number of ether oxygens (including phenoxy) is 1. The minimum atomic E-state index is -1.17. The van der Waals surface area contributed by atoms with Crippen LogP contribution in [0, 0.1) is 12.7 Å². The Labute approximate surface area is 165 Å². The number of nitrogens with one attached hydrogen (secondary N) is 2. The van der Waals surface area contributed by atoms with Gasteiger partial charge >= 0.3 is 12.0 Å². The van der Waals surface area contributed by atoms with Crippen molar-refractivity contribution in [2.24, 2.45) is 0 Å². The van der Waals surface area contributed by atoms with Crippen molar-refractivity contribution in [3.05, 3.63) is 52.6 Å². The first kappa shape index (κ1) is 21.1. The van der Waals surface area contributed by atoms with Gasteiger partial charge < -0.3 is 10.1 Å². The highest BCUT2D eigenvalue weighted by molar-refractivity contribution is 6.31. The number of hydrogen-bond acceptors (Lipinski definition) is 5. The molecule has 2 rings (SSSR count). The number of rotatable bonds is 5. The molecule has 0 spiro atoms. The molecule has 1 aromatic carbocycles. The molecule has 0 aliphatic carbocycles. The fourth-order valence-electron chi connectivity index (χ4n) is 2.15. The molecular formula is C18H18ClFN4O4. The minimum Gasteiger partial charge on any atom is -0.449 e. The Bertz CT molecular complexity index is 924. The fraction of sp³-hybridized carbons (Fsp3) is 0.222. The average Bonchev–Trinajstić information content (AvgIpc) is 2.94. The molecule has 0 saturated carbocycles. The highest BCUT2D eigenvalue weighted by Gasteiger charge is 2.19. The number of esters is 1. The van der Waals surface area contributed by atoms with E-state index in [1.54, 1.807) is 6.92 Å². The number of carbonyl (C=O) groups excluding carboxylic acids is 3. The van der Waals surface area contributed by atoms with Crippen LogP contribution in [0.2, 0.25) is 5.15 Å². The van der Waals surface area contributed by atoms with Gasteiger partial charge in [-0.2, -0.15) is 5.10 Å². The van der Waals surface area contributed by atoms with Gasteiger partial charge in [-0.1, -0.05) is 11.6 Å². The molecule has 0 saturated heterocycles. The molecule has 2 aromatic rings. The topological polar surface area (TPSA) is 102 Å². The Morgan fingerprint density at radius 1 is 1.29 bits per heavy atom. The SMILES string of the molecule is CNC(=O)NC(=O)C(C)OC(=O)/C=C/c1c(C)nn(-c2ccc(F)cc2)c1Cl. The molecule has 0 aliphatic rings. The number of urea groups is 1. The third kappa shape index (κ3) is 5.17. The number of hydrogen-bond donors (Lipinski definition) is 2. The number of benzene rings is 1. The molecule has 0 fully saturated rings. The van der Waals surface area contributed by atoms with E-state index in [0.29, 0.717) is 16.9 Å². The predicted molar refractivity (Wildman–Crippen MR) is 100 cm³/mol. The van der Waals surface area contributed by atoms with Gasteiger partial charge in [0, 0.05) is 18.7 Å². The van der Waals surface area contributed by atoms with Gasteiger partial charge in [0.1, 0.15) is 11.0 Å². The van der Waals surface area contributed by atoms with Gasteiger partial charge in [0.2, 0.25) is 0 Å². The second kappa shape index (κ2) is 9.14. The molecule has 0 radical (unpaired) electrons. The molecule has 0 bridgehead atoms. The lowest BCUT2D eigenvalue weighted by molar-refractivity contribution is -0.149. The Balaban J connectivity index is 2.09. The molecule has 2 N–H and O–H groups in total. The Morgan fingerprint density at radius 2 is 1.93 bits per heavy atom. The highest BCUT2D eigenvalue weighted by atomic mass is 35.5. The Kier molecular flexibility index (Phi) is 6.89. The summed E-state index contributed by atoms with van der Waals surface area (Å²) in [7, 11) is 1.35. The van der Waals surface area contributed by atoms with Crippen molar-refractivity contribution in [2.75, 3.05) is 7.05 Å². The molecule has 10 heteroatoms. The molecule has 28 heavy (non-hydrogen) atoms. The van der Waals surface area contributed by atoms with Crippen molar-refractivity contribution in [3.8, 4) is 5.69 Å². The summed E-state index contributed by atoms with van der Waals surface area (Å²) in [5, 5.41) is 8.70. The van der Waals surface area contributed by atoms with E-state index in [2.05, 4.69) is 10.4 Å². The Hall–Kier alpha value is -3.20. The normalized spacial score (nSPS) is 11.9. The zero-order valence-corrected chi connectivity index (χ0v) is 16.1. The van der Waals surface area contributed by atoms with E-state index in [0.717, 1.165) is 6.08 Å². The first-order chi connectivity index (χ1) is 13.2. The summed E-state index contributed by atoms with van der Waals surface area (Å²) >= 11 is 6.31. The lowest BCUT2D eigenvalue weighted by Gasteiger charge is -2.11. The number of aromatic nitrogens is 2. The zero-order chi connectivity index (χ0) is 20.8. The summed E-state index contributed by atoms with van der Waals surface area (Å²) in [5.74, 6) is -1.95. The van der Waals surface area contributed by atoms with Gasteiger partial charge in [-0.05, 0) is 44.2 Å². The number of halogens is 2. The van der Waals surface area contributed by atoms with Gasteiger partial charge in [-0.25, -0.2) is 18.7 Å². The summed E-state index contributed by atoms with van der Waals surface area (Å²) in [5.41, 5.74) is 1.55. The maximum atomic E-state index is 13.1. The molecular weight excluding hydrogens is 391 g/mol. The molecule has 148 valence electrons. The van der Waals surface area contributed by atoms with Crippen LogP contribution in [0.25, 0.3) is 11.8 Å². The molecule has 1 atom stereocenters. The number of nitrogens with zero attached hydrogens (tertiary/aromatic N) is 2. The highest BCUT2D eigenvalue weighted by Crippen LogP contribution is 2.24. The van der Waals surface area contributed by atoms with Crippen LogP contribution < -0.4 is 10.6 Å². The lowest BCUT2D eigenvalue weighted by atomic mass is 10.2. The van der Waals surface area contributed by atoms with Crippen molar-refractivity contribution in [3.63, 3.8) is 0 Å². The van der Waals surface area contributed by atoms with Crippen molar-refractivity contribution in [1.29, 1.82) is 0 Å².